The van der Waals surface area contributed by atoms with Crippen LogP contribution >= 0.6 is 0 Å². The summed E-state index contributed by atoms with van der Waals surface area (Å²) in [5.41, 5.74) is 0.959. The molecule has 0 aliphatic carbocycles. The van der Waals surface area contributed by atoms with Crippen LogP contribution in [0.2, 0.25) is 0 Å². The molecule has 0 N–H and O–H groups in total. The van der Waals surface area contributed by atoms with Gasteiger partial charge in [0.15, 0.2) is 11.2 Å². The standard InChI is InChI=1S/C24H23F3N4O2/c1-4-30-22(32)20-21(31(23(30)33)19-11-7-17(8-12-19)15(2)3)28-14-29(20)13-16-5-9-18(10-6-16)24(25,26)27/h5-12,14-15H,4,13H2,1-3H3. The van der Waals surface area contributed by atoms with E-state index in [2.05, 4.69) is 18.8 Å². The van der Waals surface area contributed by atoms with Gasteiger partial charge in [-0.25, -0.2) is 14.3 Å². The van der Waals surface area contributed by atoms with Crippen molar-refractivity contribution in [2.75, 3.05) is 0 Å². The Morgan fingerprint density at radius 1 is 0.970 bits per heavy atom. The Morgan fingerprint density at radius 3 is 2.15 bits per heavy atom. The van der Waals surface area contributed by atoms with Gasteiger partial charge < -0.3 is 4.57 Å². The van der Waals surface area contributed by atoms with Crippen molar-refractivity contribution in [3.05, 3.63) is 92.4 Å². The number of benzene rings is 2. The van der Waals surface area contributed by atoms with Gasteiger partial charge in [0.05, 0.1) is 17.6 Å². The molecule has 2 heterocycles. The lowest BCUT2D eigenvalue weighted by molar-refractivity contribution is -0.137. The van der Waals surface area contributed by atoms with Crippen molar-refractivity contribution in [2.45, 2.75) is 46.0 Å². The summed E-state index contributed by atoms with van der Waals surface area (Å²) in [7, 11) is 0. The predicted octanol–water partition coefficient (Wildman–Crippen LogP) is 4.56. The van der Waals surface area contributed by atoms with Crippen LogP contribution in [0.3, 0.4) is 0 Å². The van der Waals surface area contributed by atoms with Gasteiger partial charge in [0.25, 0.3) is 5.56 Å². The molecule has 172 valence electrons. The number of alkyl halides is 3. The summed E-state index contributed by atoms with van der Waals surface area (Å²) >= 11 is 0. The maximum Gasteiger partial charge on any atom is 0.416 e. The molecular weight excluding hydrogens is 433 g/mol. The SMILES string of the molecule is CCn1c(=O)c2c(ncn2Cc2ccc(C(F)(F)F)cc2)n(-c2ccc(C(C)C)cc2)c1=O. The molecule has 2 aromatic heterocycles. The summed E-state index contributed by atoms with van der Waals surface area (Å²) in [6.45, 7) is 6.15. The van der Waals surface area contributed by atoms with Crippen LogP contribution in [0.4, 0.5) is 13.2 Å². The van der Waals surface area contributed by atoms with Crippen LogP contribution in [0, 0.1) is 0 Å². The summed E-state index contributed by atoms with van der Waals surface area (Å²) in [5, 5.41) is 0. The minimum absolute atomic E-state index is 0.137. The first-order valence-corrected chi connectivity index (χ1v) is 10.6. The Balaban J connectivity index is 1.85. The highest BCUT2D eigenvalue weighted by Crippen LogP contribution is 2.29. The van der Waals surface area contributed by atoms with E-state index in [0.29, 0.717) is 17.2 Å². The fourth-order valence-corrected chi connectivity index (χ4v) is 3.82. The molecule has 0 unspecified atom stereocenters. The number of rotatable bonds is 5. The highest BCUT2D eigenvalue weighted by Gasteiger charge is 2.30. The Kier molecular flexibility index (Phi) is 5.73. The van der Waals surface area contributed by atoms with Crippen molar-refractivity contribution < 1.29 is 13.2 Å². The molecule has 0 aliphatic heterocycles. The van der Waals surface area contributed by atoms with E-state index in [1.165, 1.54) is 23.0 Å². The van der Waals surface area contributed by atoms with Crippen LogP contribution < -0.4 is 11.2 Å². The Morgan fingerprint density at radius 2 is 1.61 bits per heavy atom. The topological polar surface area (TPSA) is 61.8 Å². The molecule has 0 amide bonds. The van der Waals surface area contributed by atoms with Gasteiger partial charge in [0.2, 0.25) is 0 Å². The van der Waals surface area contributed by atoms with E-state index in [4.69, 9.17) is 0 Å². The third-order valence-corrected chi connectivity index (χ3v) is 5.67. The number of hydrogen-bond donors (Lipinski definition) is 0. The zero-order valence-corrected chi connectivity index (χ0v) is 18.4. The van der Waals surface area contributed by atoms with Gasteiger partial charge in [-0.1, -0.05) is 38.1 Å². The fraction of sp³-hybridized carbons (Fsp3) is 0.292. The summed E-state index contributed by atoms with van der Waals surface area (Å²) < 4.78 is 42.7. The number of fused-ring (bicyclic) bond motifs is 1. The van der Waals surface area contributed by atoms with Gasteiger partial charge in [-0.15, -0.1) is 0 Å². The molecule has 33 heavy (non-hydrogen) atoms. The maximum atomic E-state index is 13.1. The smallest absolute Gasteiger partial charge is 0.320 e. The lowest BCUT2D eigenvalue weighted by atomic mass is 10.0. The van der Waals surface area contributed by atoms with E-state index >= 15 is 0 Å². The van der Waals surface area contributed by atoms with E-state index in [1.54, 1.807) is 11.5 Å². The lowest BCUT2D eigenvalue weighted by Crippen LogP contribution is -2.39. The van der Waals surface area contributed by atoms with Crippen LogP contribution in [-0.2, 0) is 19.3 Å². The second-order valence-electron chi connectivity index (χ2n) is 8.15. The van der Waals surface area contributed by atoms with Crippen LogP contribution in [-0.4, -0.2) is 18.7 Å². The lowest BCUT2D eigenvalue weighted by Gasteiger charge is -2.13. The molecule has 0 atom stereocenters. The monoisotopic (exact) mass is 456 g/mol. The highest BCUT2D eigenvalue weighted by atomic mass is 19.4. The molecule has 0 spiro atoms. The number of nitrogens with zero attached hydrogens (tertiary/aromatic N) is 4. The molecular formula is C24H23F3N4O2. The van der Waals surface area contributed by atoms with Crippen LogP contribution in [0.15, 0.2) is 64.4 Å². The zero-order chi connectivity index (χ0) is 23.9. The first-order chi connectivity index (χ1) is 15.6. The molecule has 0 aliphatic rings. The normalized spacial score (nSPS) is 12.1. The molecule has 6 nitrogen and oxygen atoms in total. The average molecular weight is 456 g/mol. The summed E-state index contributed by atoms with van der Waals surface area (Å²) in [4.78, 5) is 30.6. The van der Waals surface area contributed by atoms with Crippen molar-refractivity contribution in [1.29, 1.82) is 0 Å². The zero-order valence-electron chi connectivity index (χ0n) is 18.4. The first kappa shape index (κ1) is 22.6. The maximum absolute atomic E-state index is 13.1. The Hall–Kier alpha value is -3.62. The predicted molar refractivity (Wildman–Crippen MR) is 120 cm³/mol. The van der Waals surface area contributed by atoms with Crippen molar-refractivity contribution in [2.24, 2.45) is 0 Å². The number of aromatic nitrogens is 4. The Labute approximate surface area is 187 Å². The van der Waals surface area contributed by atoms with E-state index in [-0.39, 0.29) is 24.3 Å². The first-order valence-electron chi connectivity index (χ1n) is 10.6. The Bertz CT molecular complexity index is 1410. The van der Waals surface area contributed by atoms with Crippen LogP contribution in [0.1, 0.15) is 43.4 Å². The second kappa shape index (κ2) is 8.38. The van der Waals surface area contributed by atoms with Gasteiger partial charge in [-0.3, -0.25) is 9.36 Å². The minimum atomic E-state index is -4.42. The molecule has 9 heteroatoms. The molecule has 0 saturated carbocycles. The van der Waals surface area contributed by atoms with Crippen molar-refractivity contribution in [1.82, 2.24) is 18.7 Å². The molecule has 0 bridgehead atoms. The van der Waals surface area contributed by atoms with E-state index < -0.39 is 23.0 Å². The summed E-state index contributed by atoms with van der Waals surface area (Å²) in [6.07, 6.45) is -2.99. The number of imidazole rings is 1. The van der Waals surface area contributed by atoms with Crippen molar-refractivity contribution in [3.8, 4) is 5.69 Å². The minimum Gasteiger partial charge on any atom is -0.320 e. The third-order valence-electron chi connectivity index (χ3n) is 5.67. The number of hydrogen-bond acceptors (Lipinski definition) is 3. The van der Waals surface area contributed by atoms with Gasteiger partial charge in [-0.2, -0.15) is 13.2 Å². The fourth-order valence-electron chi connectivity index (χ4n) is 3.82. The van der Waals surface area contributed by atoms with Gasteiger partial charge in [0, 0.05) is 13.1 Å². The second-order valence-corrected chi connectivity index (χ2v) is 8.15. The van der Waals surface area contributed by atoms with Crippen LogP contribution in [0.25, 0.3) is 16.9 Å². The third kappa shape index (κ3) is 4.10. The summed E-state index contributed by atoms with van der Waals surface area (Å²) in [5.74, 6) is 0.323. The molecule has 4 rings (SSSR count). The summed E-state index contributed by atoms with van der Waals surface area (Å²) in [6, 6.07) is 12.2. The van der Waals surface area contributed by atoms with Gasteiger partial charge in [-0.05, 0) is 48.2 Å². The van der Waals surface area contributed by atoms with E-state index in [0.717, 1.165) is 22.3 Å². The molecule has 2 aromatic carbocycles. The molecule has 4 aromatic rings. The van der Waals surface area contributed by atoms with Crippen molar-refractivity contribution >= 4 is 11.2 Å². The van der Waals surface area contributed by atoms with Crippen molar-refractivity contribution in [3.63, 3.8) is 0 Å². The molecule has 0 saturated heterocycles. The largest absolute Gasteiger partial charge is 0.416 e. The molecule has 0 fully saturated rings. The highest BCUT2D eigenvalue weighted by molar-refractivity contribution is 5.72. The van der Waals surface area contributed by atoms with E-state index in [1.807, 2.05) is 24.3 Å². The quantitative estimate of drug-likeness (QED) is 0.442. The van der Waals surface area contributed by atoms with E-state index in [9.17, 15) is 22.8 Å². The van der Waals surface area contributed by atoms with Crippen LogP contribution in [0.5, 0.6) is 0 Å². The van der Waals surface area contributed by atoms with Gasteiger partial charge in [0.1, 0.15) is 0 Å². The number of halogens is 3. The average Bonchev–Trinajstić information content (AvgIpc) is 3.17. The molecule has 0 radical (unpaired) electrons. The van der Waals surface area contributed by atoms with Gasteiger partial charge >= 0.3 is 11.9 Å².